The van der Waals surface area contributed by atoms with Gasteiger partial charge in [-0.15, -0.1) is 0 Å². The summed E-state index contributed by atoms with van der Waals surface area (Å²) < 4.78 is 13.8. The van der Waals surface area contributed by atoms with Crippen LogP contribution in [0.5, 0.6) is 0 Å². The maximum absolute atomic E-state index is 13.8. The minimum Gasteiger partial charge on any atom is -0.481 e. The van der Waals surface area contributed by atoms with Crippen LogP contribution < -0.4 is 0 Å². The first-order chi connectivity index (χ1) is 12.4. The summed E-state index contributed by atoms with van der Waals surface area (Å²) in [7, 11) is 0. The Morgan fingerprint density at radius 2 is 2.00 bits per heavy atom. The summed E-state index contributed by atoms with van der Waals surface area (Å²) in [4.78, 5) is 34.4. The lowest BCUT2D eigenvalue weighted by molar-refractivity contribution is -0.137. The van der Waals surface area contributed by atoms with E-state index in [1.54, 1.807) is 0 Å². The Kier molecular flexibility index (Phi) is 10.3. The van der Waals surface area contributed by atoms with Gasteiger partial charge in [-0.3, -0.25) is 14.4 Å². The molecule has 1 rings (SSSR count). The molecule has 2 N–H and O–H groups in total. The smallest absolute Gasteiger partial charge is 0.303 e. The third kappa shape index (κ3) is 7.77. The number of aliphatic hydroxyl groups excluding tert-OH is 1. The summed E-state index contributed by atoms with van der Waals surface area (Å²) in [6, 6.07) is 0. The zero-order chi connectivity index (χ0) is 19.5. The first-order valence-electron chi connectivity index (χ1n) is 9.61. The van der Waals surface area contributed by atoms with Gasteiger partial charge in [0.2, 0.25) is 0 Å². The van der Waals surface area contributed by atoms with Gasteiger partial charge < -0.3 is 10.2 Å². The van der Waals surface area contributed by atoms with Crippen LogP contribution in [0.25, 0.3) is 0 Å². The molecule has 0 aliphatic heterocycles. The van der Waals surface area contributed by atoms with Crippen LogP contribution in [0, 0.1) is 11.8 Å². The molecule has 0 aromatic heterocycles. The molecule has 6 heteroatoms. The molecule has 1 unspecified atom stereocenters. The van der Waals surface area contributed by atoms with Crippen molar-refractivity contribution in [2.24, 2.45) is 11.8 Å². The van der Waals surface area contributed by atoms with E-state index in [1.807, 2.05) is 19.1 Å². The number of alkyl halides is 1. The molecule has 0 aromatic rings. The van der Waals surface area contributed by atoms with Crippen molar-refractivity contribution in [2.45, 2.75) is 83.4 Å². The number of hydrogen-bond donors (Lipinski definition) is 2. The number of rotatable bonds is 13. The average molecular weight is 370 g/mol. The first-order valence-corrected chi connectivity index (χ1v) is 9.61. The summed E-state index contributed by atoms with van der Waals surface area (Å²) in [5.41, 5.74) is 0. The van der Waals surface area contributed by atoms with E-state index in [0.717, 1.165) is 6.42 Å². The molecule has 1 fully saturated rings. The largest absolute Gasteiger partial charge is 0.481 e. The third-order valence-corrected chi connectivity index (χ3v) is 5.04. The number of carbonyl (C=O) groups excluding carboxylic acids is 2. The fourth-order valence-electron chi connectivity index (χ4n) is 3.46. The minimum atomic E-state index is -1.45. The number of aliphatic carboxylic acids is 1. The summed E-state index contributed by atoms with van der Waals surface area (Å²) >= 11 is 0. The number of halogens is 1. The molecule has 0 radical (unpaired) electrons. The van der Waals surface area contributed by atoms with E-state index in [1.165, 1.54) is 0 Å². The van der Waals surface area contributed by atoms with Gasteiger partial charge in [0.05, 0.1) is 6.10 Å². The van der Waals surface area contributed by atoms with E-state index in [9.17, 15) is 23.9 Å². The summed E-state index contributed by atoms with van der Waals surface area (Å²) in [5, 5.41) is 18.7. The number of allylic oxidation sites excluding steroid dienone is 2. The molecule has 0 aromatic carbocycles. The number of Topliss-reactive ketones (excluding diaryl/α,β-unsaturated/α-hetero) is 2. The van der Waals surface area contributed by atoms with E-state index >= 15 is 0 Å². The van der Waals surface area contributed by atoms with Crippen LogP contribution in [0.15, 0.2) is 12.2 Å². The maximum atomic E-state index is 13.8. The predicted molar refractivity (Wildman–Crippen MR) is 96.5 cm³/mol. The molecule has 1 aliphatic rings. The molecule has 0 spiro atoms. The van der Waals surface area contributed by atoms with Crippen molar-refractivity contribution in [1.82, 2.24) is 0 Å². The highest BCUT2D eigenvalue weighted by Gasteiger charge is 2.40. The van der Waals surface area contributed by atoms with Gasteiger partial charge >= 0.3 is 5.97 Å². The van der Waals surface area contributed by atoms with Crippen molar-refractivity contribution >= 4 is 17.5 Å². The Bertz CT molecular complexity index is 502. The molecule has 5 nitrogen and oxygen atoms in total. The number of unbranched alkanes of at least 4 members (excludes halogenated alkanes) is 2. The lowest BCUT2D eigenvalue weighted by Crippen LogP contribution is -2.23. The van der Waals surface area contributed by atoms with E-state index in [4.69, 9.17) is 5.11 Å². The quantitative estimate of drug-likeness (QED) is 0.381. The van der Waals surface area contributed by atoms with Crippen molar-refractivity contribution in [1.29, 1.82) is 0 Å². The van der Waals surface area contributed by atoms with Crippen LogP contribution in [0.1, 0.15) is 71.1 Å². The second-order valence-corrected chi connectivity index (χ2v) is 7.12. The molecule has 148 valence electrons. The summed E-state index contributed by atoms with van der Waals surface area (Å²) in [6.07, 6.45) is 5.45. The molecule has 0 bridgehead atoms. The van der Waals surface area contributed by atoms with Gasteiger partial charge in [-0.2, -0.15) is 0 Å². The number of carbonyl (C=O) groups is 3. The Balaban J connectivity index is 2.46. The Morgan fingerprint density at radius 1 is 1.27 bits per heavy atom. The average Bonchev–Trinajstić information content (AvgIpc) is 2.86. The molecule has 0 amide bonds. The van der Waals surface area contributed by atoms with Crippen LogP contribution in [0.2, 0.25) is 0 Å². The highest BCUT2D eigenvalue weighted by atomic mass is 19.1. The van der Waals surface area contributed by atoms with E-state index in [0.29, 0.717) is 32.1 Å². The fraction of sp³-hybridized carbons (Fsp3) is 0.750. The van der Waals surface area contributed by atoms with Crippen LogP contribution in [0.3, 0.4) is 0 Å². The highest BCUT2D eigenvalue weighted by molar-refractivity contribution is 5.85. The predicted octanol–water partition coefficient (Wildman–Crippen LogP) is 3.63. The van der Waals surface area contributed by atoms with Crippen molar-refractivity contribution in [3.05, 3.63) is 12.2 Å². The van der Waals surface area contributed by atoms with E-state index in [-0.39, 0.29) is 43.3 Å². The Hall–Kier alpha value is -1.56. The molecule has 0 saturated heterocycles. The Labute approximate surface area is 154 Å². The van der Waals surface area contributed by atoms with Gasteiger partial charge in [0.25, 0.3) is 0 Å². The molecule has 26 heavy (non-hydrogen) atoms. The molecule has 1 aliphatic carbocycles. The molecule has 0 heterocycles. The van der Waals surface area contributed by atoms with Gasteiger partial charge in [-0.05, 0) is 38.0 Å². The van der Waals surface area contributed by atoms with Crippen molar-refractivity contribution < 1.29 is 29.0 Å². The minimum absolute atomic E-state index is 0.0204. The second-order valence-electron chi connectivity index (χ2n) is 7.12. The molecule has 1 saturated carbocycles. The van der Waals surface area contributed by atoms with Crippen LogP contribution in [0.4, 0.5) is 4.39 Å². The van der Waals surface area contributed by atoms with Crippen molar-refractivity contribution in [2.75, 3.05) is 0 Å². The molecule has 4 atom stereocenters. The number of aliphatic hydroxyl groups is 1. The number of carboxylic acids is 1. The van der Waals surface area contributed by atoms with E-state index < -0.39 is 24.0 Å². The highest BCUT2D eigenvalue weighted by Crippen LogP contribution is 2.35. The number of ketones is 2. The number of carboxylic acid groups (broad SMARTS) is 1. The summed E-state index contributed by atoms with van der Waals surface area (Å²) in [5.74, 6) is -1.95. The van der Waals surface area contributed by atoms with Crippen LogP contribution in [-0.2, 0) is 14.4 Å². The van der Waals surface area contributed by atoms with Crippen LogP contribution in [-0.4, -0.2) is 40.0 Å². The fourth-order valence-corrected chi connectivity index (χ4v) is 3.46. The van der Waals surface area contributed by atoms with Crippen molar-refractivity contribution in [3.8, 4) is 0 Å². The zero-order valence-corrected chi connectivity index (χ0v) is 15.5. The van der Waals surface area contributed by atoms with Gasteiger partial charge in [0.1, 0.15) is 5.78 Å². The van der Waals surface area contributed by atoms with Gasteiger partial charge in [0.15, 0.2) is 12.0 Å². The van der Waals surface area contributed by atoms with Crippen molar-refractivity contribution in [3.63, 3.8) is 0 Å². The lowest BCUT2D eigenvalue weighted by Gasteiger charge is -2.20. The number of hydrogen-bond acceptors (Lipinski definition) is 4. The molecular formula is C20H31FO5. The van der Waals surface area contributed by atoms with Gasteiger partial charge in [-0.25, -0.2) is 4.39 Å². The normalized spacial score (nSPS) is 24.3. The SMILES string of the molecule is CCCCC(F)C(=O)CC[C@@H]1[C@H](O)CC(=O)[C@@H]1C/C=C\CCCC(=O)O. The zero-order valence-electron chi connectivity index (χ0n) is 15.5. The Morgan fingerprint density at radius 3 is 2.65 bits per heavy atom. The molecular weight excluding hydrogens is 339 g/mol. The first kappa shape index (κ1) is 22.5. The topological polar surface area (TPSA) is 91.7 Å². The monoisotopic (exact) mass is 370 g/mol. The summed E-state index contributed by atoms with van der Waals surface area (Å²) in [6.45, 7) is 1.94. The lowest BCUT2D eigenvalue weighted by atomic mass is 9.86. The maximum Gasteiger partial charge on any atom is 0.303 e. The second kappa shape index (κ2) is 11.9. The standard InChI is InChI=1S/C20H31FO5/c1-2-3-9-16(21)17(22)12-11-15-14(18(23)13-19(15)24)8-6-4-5-7-10-20(25)26/h4,6,14-16,19,24H,2-3,5,7-13H2,1H3,(H,25,26)/b6-4-/t14-,15+,16?,19-/m1/s1. The van der Waals surface area contributed by atoms with Gasteiger partial charge in [-0.1, -0.05) is 31.9 Å². The van der Waals surface area contributed by atoms with Gasteiger partial charge in [0, 0.05) is 25.2 Å². The third-order valence-electron chi connectivity index (χ3n) is 5.04. The van der Waals surface area contributed by atoms with E-state index in [2.05, 4.69) is 0 Å². The van der Waals surface area contributed by atoms with Crippen LogP contribution >= 0.6 is 0 Å².